The van der Waals surface area contributed by atoms with Crippen molar-refractivity contribution < 1.29 is 9.59 Å². The number of para-hydroxylation sites is 1. The zero-order valence-corrected chi connectivity index (χ0v) is 18.0. The molecule has 156 valence electrons. The van der Waals surface area contributed by atoms with Gasteiger partial charge in [0.1, 0.15) is 11.9 Å². The summed E-state index contributed by atoms with van der Waals surface area (Å²) in [5, 5.41) is 3.34. The maximum absolute atomic E-state index is 12.9. The van der Waals surface area contributed by atoms with Crippen molar-refractivity contribution in [3.8, 4) is 0 Å². The van der Waals surface area contributed by atoms with E-state index in [1.165, 1.54) is 0 Å². The van der Waals surface area contributed by atoms with Crippen LogP contribution in [0.15, 0.2) is 41.6 Å². The second-order valence-corrected chi connectivity index (χ2v) is 8.20. The van der Waals surface area contributed by atoms with E-state index in [-0.39, 0.29) is 43.1 Å². The molecule has 1 saturated heterocycles. The highest BCUT2D eigenvalue weighted by atomic mass is 35.5. The Labute approximate surface area is 181 Å². The van der Waals surface area contributed by atoms with Gasteiger partial charge in [-0.3, -0.25) is 9.59 Å². The van der Waals surface area contributed by atoms with E-state index in [4.69, 9.17) is 0 Å². The normalized spacial score (nSPS) is 18.7. The highest BCUT2D eigenvalue weighted by Crippen LogP contribution is 2.34. The Kier molecular flexibility index (Phi) is 7.21. The molecule has 2 aliphatic heterocycles. The average molecular weight is 436 g/mol. The van der Waals surface area contributed by atoms with Gasteiger partial charge in [-0.1, -0.05) is 12.1 Å². The Morgan fingerprint density at radius 3 is 2.79 bits per heavy atom. The third-order valence-corrected chi connectivity index (χ3v) is 6.35. The smallest absolute Gasteiger partial charge is 0.227 e. The minimum absolute atomic E-state index is 0. The van der Waals surface area contributed by atoms with Crippen molar-refractivity contribution in [2.75, 3.05) is 36.8 Å². The van der Waals surface area contributed by atoms with Crippen molar-refractivity contribution in [3.63, 3.8) is 0 Å². The lowest BCUT2D eigenvalue weighted by Crippen LogP contribution is -2.49. The van der Waals surface area contributed by atoms with E-state index < -0.39 is 0 Å². The van der Waals surface area contributed by atoms with Gasteiger partial charge in [0.25, 0.3) is 0 Å². The first-order valence-electron chi connectivity index (χ1n) is 9.65. The van der Waals surface area contributed by atoms with Crippen LogP contribution < -0.4 is 10.2 Å². The predicted molar refractivity (Wildman–Crippen MR) is 117 cm³/mol. The third-order valence-electron chi connectivity index (χ3n) is 5.30. The molecule has 1 fully saturated rings. The zero-order valence-electron chi connectivity index (χ0n) is 16.4. The molecule has 7 nitrogen and oxygen atoms in total. The summed E-state index contributed by atoms with van der Waals surface area (Å²) in [6, 6.07) is 7.88. The van der Waals surface area contributed by atoms with E-state index in [1.807, 2.05) is 51.9 Å². The van der Waals surface area contributed by atoms with Crippen LogP contribution in [0.2, 0.25) is 0 Å². The quantitative estimate of drug-likeness (QED) is 0.797. The van der Waals surface area contributed by atoms with Gasteiger partial charge in [0, 0.05) is 69.1 Å². The Hall–Kier alpha value is -2.03. The summed E-state index contributed by atoms with van der Waals surface area (Å²) < 4.78 is 1.95. The van der Waals surface area contributed by atoms with Gasteiger partial charge in [-0.05, 0) is 12.1 Å². The topological polar surface area (TPSA) is 70.5 Å². The first-order valence-corrected chi connectivity index (χ1v) is 10.6. The highest BCUT2D eigenvalue weighted by molar-refractivity contribution is 7.99. The fraction of sp³-hybridized carbons (Fsp3) is 0.450. The minimum atomic E-state index is -0.0940. The Balaban J connectivity index is 0.00000240. The molecule has 29 heavy (non-hydrogen) atoms. The van der Waals surface area contributed by atoms with E-state index >= 15 is 0 Å². The molecule has 1 aromatic carbocycles. The highest BCUT2D eigenvalue weighted by Gasteiger charge is 2.31. The number of fused-ring (bicyclic) bond motifs is 1. The van der Waals surface area contributed by atoms with E-state index in [1.54, 1.807) is 18.0 Å². The average Bonchev–Trinajstić information content (AvgIpc) is 3.17. The first-order chi connectivity index (χ1) is 13.6. The summed E-state index contributed by atoms with van der Waals surface area (Å²) in [6.45, 7) is 2.77. The molecule has 2 aromatic rings. The summed E-state index contributed by atoms with van der Waals surface area (Å²) in [7, 11) is 1.94. The number of anilines is 1. The number of hydrogen-bond acceptors (Lipinski definition) is 5. The van der Waals surface area contributed by atoms with Crippen LogP contribution in [0.1, 0.15) is 24.7 Å². The Morgan fingerprint density at radius 2 is 2.00 bits per heavy atom. The van der Waals surface area contributed by atoms with Crippen molar-refractivity contribution in [3.05, 3.63) is 42.5 Å². The van der Waals surface area contributed by atoms with Crippen LogP contribution in [0.5, 0.6) is 0 Å². The fourth-order valence-corrected chi connectivity index (χ4v) is 4.85. The number of nitrogens with one attached hydrogen (secondary N) is 1. The van der Waals surface area contributed by atoms with E-state index in [0.717, 1.165) is 28.7 Å². The molecule has 3 heterocycles. The van der Waals surface area contributed by atoms with E-state index in [2.05, 4.69) is 10.3 Å². The molecule has 2 amide bonds. The van der Waals surface area contributed by atoms with Crippen LogP contribution in [0, 0.1) is 0 Å². The standard InChI is InChI=1S/C20H25N5O2S.ClH/c1-23-10-9-22-20(23)16-14-21-8-11-24(16)18(26)6-7-19(27)25-12-13-28-17-5-3-2-4-15(17)25;/h2-5,9-10,16,21H,6-8,11-14H2,1H3;1H. The number of rotatable bonds is 4. The fourth-order valence-electron chi connectivity index (χ4n) is 3.85. The molecule has 2 aliphatic rings. The number of benzene rings is 1. The van der Waals surface area contributed by atoms with Crippen molar-refractivity contribution in [2.45, 2.75) is 23.8 Å². The van der Waals surface area contributed by atoms with Crippen molar-refractivity contribution in [2.24, 2.45) is 7.05 Å². The molecule has 0 spiro atoms. The van der Waals surface area contributed by atoms with Crippen LogP contribution >= 0.6 is 24.2 Å². The van der Waals surface area contributed by atoms with Crippen molar-refractivity contribution >= 4 is 41.7 Å². The molecule has 0 radical (unpaired) electrons. The van der Waals surface area contributed by atoms with Gasteiger partial charge in [-0.15, -0.1) is 24.2 Å². The Bertz CT molecular complexity index is 874. The molecule has 9 heteroatoms. The number of aryl methyl sites for hydroxylation is 1. The van der Waals surface area contributed by atoms with Crippen LogP contribution in [0.25, 0.3) is 0 Å². The number of amides is 2. The van der Waals surface area contributed by atoms with Crippen molar-refractivity contribution in [1.29, 1.82) is 0 Å². The van der Waals surface area contributed by atoms with Crippen LogP contribution in [0.4, 0.5) is 5.69 Å². The zero-order chi connectivity index (χ0) is 19.5. The lowest BCUT2D eigenvalue weighted by atomic mass is 10.1. The number of nitrogens with zero attached hydrogens (tertiary/aromatic N) is 4. The van der Waals surface area contributed by atoms with Gasteiger partial charge in [0.05, 0.1) is 5.69 Å². The van der Waals surface area contributed by atoms with Gasteiger partial charge in [-0.25, -0.2) is 4.98 Å². The molecular weight excluding hydrogens is 410 g/mol. The Morgan fingerprint density at radius 1 is 1.21 bits per heavy atom. The molecule has 0 bridgehead atoms. The molecular formula is C20H26ClN5O2S. The lowest BCUT2D eigenvalue weighted by Gasteiger charge is -2.36. The molecule has 4 rings (SSSR count). The largest absolute Gasteiger partial charge is 0.336 e. The molecule has 1 N–H and O–H groups in total. The molecule has 1 aromatic heterocycles. The van der Waals surface area contributed by atoms with Crippen LogP contribution in [-0.4, -0.2) is 58.2 Å². The maximum atomic E-state index is 12.9. The van der Waals surface area contributed by atoms with Gasteiger partial charge >= 0.3 is 0 Å². The summed E-state index contributed by atoms with van der Waals surface area (Å²) in [4.78, 5) is 35.0. The molecule has 0 aliphatic carbocycles. The number of aromatic nitrogens is 2. The second kappa shape index (κ2) is 9.65. The van der Waals surface area contributed by atoms with Gasteiger partial charge in [0.2, 0.25) is 11.8 Å². The summed E-state index contributed by atoms with van der Waals surface area (Å²) in [6.07, 6.45) is 4.10. The summed E-state index contributed by atoms with van der Waals surface area (Å²) in [5.41, 5.74) is 0.962. The SMILES string of the molecule is Cl.Cn1ccnc1C1CNCCN1C(=O)CCC(=O)N1CCSc2ccccc21. The number of halogens is 1. The predicted octanol–water partition coefficient (Wildman–Crippen LogP) is 2.23. The number of carbonyl (C=O) groups is 2. The monoisotopic (exact) mass is 435 g/mol. The van der Waals surface area contributed by atoms with Gasteiger partial charge < -0.3 is 19.7 Å². The molecule has 1 unspecified atom stereocenters. The van der Waals surface area contributed by atoms with E-state index in [0.29, 0.717) is 19.6 Å². The number of piperazine rings is 1. The van der Waals surface area contributed by atoms with Gasteiger partial charge in [0.15, 0.2) is 0 Å². The van der Waals surface area contributed by atoms with Crippen LogP contribution in [-0.2, 0) is 16.6 Å². The molecule has 0 saturated carbocycles. The summed E-state index contributed by atoms with van der Waals surface area (Å²) in [5.74, 6) is 1.79. The minimum Gasteiger partial charge on any atom is -0.336 e. The number of carbonyl (C=O) groups excluding carboxylic acids is 2. The van der Waals surface area contributed by atoms with Crippen molar-refractivity contribution in [1.82, 2.24) is 19.8 Å². The number of imidazole rings is 1. The lowest BCUT2D eigenvalue weighted by molar-refractivity contribution is -0.136. The maximum Gasteiger partial charge on any atom is 0.227 e. The van der Waals surface area contributed by atoms with Gasteiger partial charge in [-0.2, -0.15) is 0 Å². The first kappa shape index (κ1) is 21.7. The number of thioether (sulfide) groups is 1. The molecule has 1 atom stereocenters. The number of hydrogen-bond donors (Lipinski definition) is 1. The third kappa shape index (κ3) is 4.60. The second-order valence-electron chi connectivity index (χ2n) is 7.06. The summed E-state index contributed by atoms with van der Waals surface area (Å²) >= 11 is 1.77. The van der Waals surface area contributed by atoms with E-state index in [9.17, 15) is 9.59 Å². The van der Waals surface area contributed by atoms with Crippen LogP contribution in [0.3, 0.4) is 0 Å².